The third kappa shape index (κ3) is 3.08. The molecule has 0 atom stereocenters. The van der Waals surface area contributed by atoms with Crippen molar-refractivity contribution in [2.45, 2.75) is 38.7 Å². The lowest BCUT2D eigenvalue weighted by Crippen LogP contribution is -2.44. The first-order valence-electron chi connectivity index (χ1n) is 8.95. The van der Waals surface area contributed by atoms with Crippen LogP contribution in [0.5, 0.6) is 0 Å². The van der Waals surface area contributed by atoms with Gasteiger partial charge in [-0.25, -0.2) is 0 Å². The minimum atomic E-state index is 0.500. The number of hydrogen-bond donors (Lipinski definition) is 0. The maximum Gasteiger partial charge on any atom is 0.157 e. The van der Waals surface area contributed by atoms with E-state index < -0.39 is 0 Å². The van der Waals surface area contributed by atoms with Gasteiger partial charge in [-0.15, -0.1) is 5.10 Å². The van der Waals surface area contributed by atoms with E-state index in [2.05, 4.69) is 27.3 Å². The summed E-state index contributed by atoms with van der Waals surface area (Å²) in [7, 11) is 0. The van der Waals surface area contributed by atoms with Gasteiger partial charge in [0.25, 0.3) is 0 Å². The highest BCUT2D eigenvalue weighted by molar-refractivity contribution is 5.30. The summed E-state index contributed by atoms with van der Waals surface area (Å²) in [5.74, 6) is 0.933. The van der Waals surface area contributed by atoms with Crippen molar-refractivity contribution in [3.05, 3.63) is 36.2 Å². The minimum Gasteiger partial charge on any atom is -0.378 e. The maximum absolute atomic E-state index is 5.73. The van der Waals surface area contributed by atoms with Gasteiger partial charge < -0.3 is 9.64 Å². The van der Waals surface area contributed by atoms with Crippen LogP contribution in [0.1, 0.15) is 32.0 Å². The number of benzene rings is 1. The van der Waals surface area contributed by atoms with Gasteiger partial charge in [0.05, 0.1) is 11.8 Å². The van der Waals surface area contributed by atoms with Crippen LogP contribution >= 0.6 is 0 Å². The number of hydrogen-bond acceptors (Lipinski definition) is 5. The van der Waals surface area contributed by atoms with Gasteiger partial charge in [-0.3, -0.25) is 0 Å². The number of likely N-dealkylation sites (tertiary alicyclic amines) is 1. The average molecular weight is 327 g/mol. The monoisotopic (exact) mass is 327 g/mol. The van der Waals surface area contributed by atoms with Crippen molar-refractivity contribution in [1.29, 1.82) is 0 Å². The molecular formula is C18H25N5O. The Morgan fingerprint density at radius 1 is 1.25 bits per heavy atom. The molecule has 2 aliphatic rings. The number of aromatic nitrogens is 4. The van der Waals surface area contributed by atoms with Gasteiger partial charge in [0.15, 0.2) is 5.82 Å². The first kappa shape index (κ1) is 15.7. The highest BCUT2D eigenvalue weighted by atomic mass is 16.5. The summed E-state index contributed by atoms with van der Waals surface area (Å²) in [5, 5.41) is 12.2. The van der Waals surface area contributed by atoms with E-state index >= 15 is 0 Å². The molecular weight excluding hydrogens is 302 g/mol. The normalized spacial score (nSPS) is 26.8. The second-order valence-electron chi connectivity index (χ2n) is 7.10. The van der Waals surface area contributed by atoms with Crippen molar-refractivity contribution in [2.75, 3.05) is 26.2 Å². The molecule has 2 fully saturated rings. The lowest BCUT2D eigenvalue weighted by Gasteiger charge is -2.44. The fourth-order valence-corrected chi connectivity index (χ4v) is 4.20. The standard InChI is InChI=1S/C18H25N5O/c1-2-24-16-12-18(13-16)9-11-22(14-18)10-8-17-19-20-21-23(17)15-6-4-3-5-7-15/h3-7,16H,2,8-14H2,1H3. The summed E-state index contributed by atoms with van der Waals surface area (Å²) in [6.45, 7) is 6.33. The second kappa shape index (κ2) is 6.61. The van der Waals surface area contributed by atoms with Crippen molar-refractivity contribution in [3.8, 4) is 5.69 Å². The third-order valence-corrected chi connectivity index (χ3v) is 5.43. The zero-order valence-electron chi connectivity index (χ0n) is 14.3. The smallest absolute Gasteiger partial charge is 0.157 e. The summed E-state index contributed by atoms with van der Waals surface area (Å²) >= 11 is 0. The number of para-hydroxylation sites is 1. The quantitative estimate of drug-likeness (QED) is 0.813. The zero-order valence-corrected chi connectivity index (χ0v) is 14.3. The van der Waals surface area contributed by atoms with E-state index in [-0.39, 0.29) is 0 Å². The van der Waals surface area contributed by atoms with Gasteiger partial charge in [-0.1, -0.05) is 18.2 Å². The first-order valence-corrected chi connectivity index (χ1v) is 8.95. The van der Waals surface area contributed by atoms with Crippen LogP contribution in [0.15, 0.2) is 30.3 Å². The Bertz CT molecular complexity index is 665. The van der Waals surface area contributed by atoms with E-state index in [1.807, 2.05) is 35.0 Å². The zero-order chi connectivity index (χ0) is 16.4. The predicted octanol–water partition coefficient (Wildman–Crippen LogP) is 2.10. The Kier molecular flexibility index (Phi) is 4.33. The molecule has 4 rings (SSSR count). The molecule has 1 aromatic heterocycles. The van der Waals surface area contributed by atoms with E-state index in [0.29, 0.717) is 11.5 Å². The largest absolute Gasteiger partial charge is 0.378 e. The van der Waals surface area contributed by atoms with Crippen LogP contribution in [0.25, 0.3) is 5.69 Å². The van der Waals surface area contributed by atoms with Crippen molar-refractivity contribution >= 4 is 0 Å². The molecule has 24 heavy (non-hydrogen) atoms. The first-order chi connectivity index (χ1) is 11.8. The molecule has 6 heteroatoms. The van der Waals surface area contributed by atoms with Gasteiger partial charge in [0.2, 0.25) is 0 Å². The molecule has 6 nitrogen and oxygen atoms in total. The van der Waals surface area contributed by atoms with E-state index in [9.17, 15) is 0 Å². The second-order valence-corrected chi connectivity index (χ2v) is 7.10. The highest BCUT2D eigenvalue weighted by Gasteiger charge is 2.48. The van der Waals surface area contributed by atoms with E-state index in [0.717, 1.165) is 31.1 Å². The van der Waals surface area contributed by atoms with Crippen molar-refractivity contribution in [1.82, 2.24) is 25.1 Å². The summed E-state index contributed by atoms with van der Waals surface area (Å²) in [5.41, 5.74) is 1.54. The van der Waals surface area contributed by atoms with E-state index in [1.54, 1.807) is 0 Å². The molecule has 2 heterocycles. The van der Waals surface area contributed by atoms with Crippen LogP contribution in [0.3, 0.4) is 0 Å². The summed E-state index contributed by atoms with van der Waals surface area (Å²) in [6.07, 6.45) is 5.16. The molecule has 1 aromatic carbocycles. The van der Waals surface area contributed by atoms with Gasteiger partial charge in [-0.05, 0) is 60.7 Å². The molecule has 1 aliphatic heterocycles. The molecule has 1 saturated carbocycles. The Hall–Kier alpha value is -1.79. The summed E-state index contributed by atoms with van der Waals surface area (Å²) in [6, 6.07) is 10.1. The third-order valence-electron chi connectivity index (χ3n) is 5.43. The number of tetrazole rings is 1. The Balaban J connectivity index is 1.32. The van der Waals surface area contributed by atoms with Gasteiger partial charge >= 0.3 is 0 Å². The van der Waals surface area contributed by atoms with Crippen LogP contribution in [0.2, 0.25) is 0 Å². The molecule has 2 aromatic rings. The van der Waals surface area contributed by atoms with Gasteiger partial charge in [-0.2, -0.15) is 4.68 Å². The fraction of sp³-hybridized carbons (Fsp3) is 0.611. The Morgan fingerprint density at radius 2 is 2.08 bits per heavy atom. The Labute approximate surface area is 142 Å². The highest BCUT2D eigenvalue weighted by Crippen LogP contribution is 2.49. The van der Waals surface area contributed by atoms with Gasteiger partial charge in [0, 0.05) is 26.1 Å². The van der Waals surface area contributed by atoms with Crippen LogP contribution in [-0.4, -0.2) is 57.5 Å². The molecule has 0 radical (unpaired) electrons. The maximum atomic E-state index is 5.73. The van der Waals surface area contributed by atoms with Crippen LogP contribution < -0.4 is 0 Å². The molecule has 128 valence electrons. The molecule has 0 N–H and O–H groups in total. The predicted molar refractivity (Wildman–Crippen MR) is 91.0 cm³/mol. The lowest BCUT2D eigenvalue weighted by molar-refractivity contribution is -0.0716. The molecule has 0 amide bonds. The summed E-state index contributed by atoms with van der Waals surface area (Å²) in [4.78, 5) is 2.56. The van der Waals surface area contributed by atoms with Crippen LogP contribution in [0.4, 0.5) is 0 Å². The Morgan fingerprint density at radius 3 is 2.88 bits per heavy atom. The molecule has 1 spiro atoms. The molecule has 1 aliphatic carbocycles. The minimum absolute atomic E-state index is 0.500. The van der Waals surface area contributed by atoms with Crippen molar-refractivity contribution < 1.29 is 4.74 Å². The number of rotatable bonds is 6. The SMILES string of the molecule is CCOC1CC2(CCN(CCc3nnnn3-c3ccccc3)C2)C1. The molecule has 0 unspecified atom stereocenters. The van der Waals surface area contributed by atoms with Crippen molar-refractivity contribution in [2.24, 2.45) is 5.41 Å². The van der Waals surface area contributed by atoms with E-state index in [1.165, 1.54) is 32.4 Å². The van der Waals surface area contributed by atoms with Crippen LogP contribution in [0, 0.1) is 5.41 Å². The summed E-state index contributed by atoms with van der Waals surface area (Å²) < 4.78 is 7.58. The average Bonchev–Trinajstić information content (AvgIpc) is 3.20. The molecule has 0 bridgehead atoms. The fourth-order valence-electron chi connectivity index (χ4n) is 4.20. The van der Waals surface area contributed by atoms with Crippen LogP contribution in [-0.2, 0) is 11.2 Å². The van der Waals surface area contributed by atoms with E-state index in [4.69, 9.17) is 4.74 Å². The lowest BCUT2D eigenvalue weighted by atomic mass is 9.66. The van der Waals surface area contributed by atoms with Gasteiger partial charge in [0.1, 0.15) is 0 Å². The molecule has 1 saturated heterocycles. The number of ether oxygens (including phenoxy) is 1. The number of nitrogens with zero attached hydrogens (tertiary/aromatic N) is 5. The van der Waals surface area contributed by atoms with Crippen molar-refractivity contribution in [3.63, 3.8) is 0 Å². The topological polar surface area (TPSA) is 56.1 Å².